The van der Waals surface area contributed by atoms with Crippen LogP contribution in [0.25, 0.3) is 0 Å². The van der Waals surface area contributed by atoms with E-state index < -0.39 is 0 Å². The first-order valence-electron chi connectivity index (χ1n) is 7.64. The molecule has 0 amide bonds. The molecule has 5 heteroatoms. The molecule has 0 aromatic heterocycles. The number of nitrogens with one attached hydrogen (secondary N) is 1. The summed E-state index contributed by atoms with van der Waals surface area (Å²) in [6.45, 7) is 3.04. The molecule has 0 heterocycles. The van der Waals surface area contributed by atoms with Crippen molar-refractivity contribution in [1.29, 1.82) is 0 Å². The number of likely N-dealkylation sites (N-methyl/N-ethyl adjacent to an activating group) is 1. The molecule has 0 spiro atoms. The van der Waals surface area contributed by atoms with Crippen LogP contribution in [0.4, 0.5) is 5.69 Å². The molecule has 1 unspecified atom stereocenters. The van der Waals surface area contributed by atoms with E-state index in [1.807, 2.05) is 6.07 Å². The van der Waals surface area contributed by atoms with E-state index in [1.54, 1.807) is 18.2 Å². The fourth-order valence-corrected chi connectivity index (χ4v) is 3.03. The van der Waals surface area contributed by atoms with Crippen molar-refractivity contribution >= 4 is 5.69 Å². The molecule has 1 aromatic rings. The second kappa shape index (κ2) is 6.54. The summed E-state index contributed by atoms with van der Waals surface area (Å²) in [5, 5.41) is 14.5. The number of benzene rings is 1. The molecule has 1 saturated carbocycles. The number of hydrogen-bond donors (Lipinski definition) is 1. The maximum atomic E-state index is 10.9. The lowest BCUT2D eigenvalue weighted by Crippen LogP contribution is -2.56. The minimum absolute atomic E-state index is 0.165. The van der Waals surface area contributed by atoms with E-state index >= 15 is 0 Å². The molecule has 0 aliphatic heterocycles. The highest BCUT2D eigenvalue weighted by molar-refractivity contribution is 5.35. The fourth-order valence-electron chi connectivity index (χ4n) is 3.03. The number of nitrogens with zero attached hydrogens (tertiary/aromatic N) is 2. The molecular weight excluding hydrogens is 266 g/mol. The Labute approximate surface area is 126 Å². The molecule has 0 saturated heterocycles. The molecule has 1 N–H and O–H groups in total. The molecular formula is C16H25N3O2. The standard InChI is InChI=1S/C16H25N3O2/c1-4-15(13-7-5-8-14(11-13)19(20)21)17-12-16(18(2)3)9-6-10-16/h5,7-8,11,15,17H,4,6,9-10,12H2,1-3H3. The first kappa shape index (κ1) is 15.9. The van der Waals surface area contributed by atoms with Crippen LogP contribution in [-0.2, 0) is 0 Å². The van der Waals surface area contributed by atoms with Crippen LogP contribution in [0, 0.1) is 10.1 Å². The van der Waals surface area contributed by atoms with E-state index in [2.05, 4.69) is 31.2 Å². The summed E-state index contributed by atoms with van der Waals surface area (Å²) in [6, 6.07) is 7.13. The van der Waals surface area contributed by atoms with Crippen LogP contribution in [-0.4, -0.2) is 36.0 Å². The van der Waals surface area contributed by atoms with Gasteiger partial charge in [-0.3, -0.25) is 10.1 Å². The molecule has 0 radical (unpaired) electrons. The highest BCUT2D eigenvalue weighted by Crippen LogP contribution is 2.36. The maximum absolute atomic E-state index is 10.9. The van der Waals surface area contributed by atoms with Gasteiger partial charge in [0.2, 0.25) is 0 Å². The SMILES string of the molecule is CCC(NCC1(N(C)C)CCC1)c1cccc([N+](=O)[O-])c1. The Morgan fingerprint density at radius 3 is 2.62 bits per heavy atom. The van der Waals surface area contributed by atoms with Crippen molar-refractivity contribution < 1.29 is 4.92 Å². The predicted octanol–water partition coefficient (Wildman–Crippen LogP) is 3.12. The van der Waals surface area contributed by atoms with Gasteiger partial charge in [-0.1, -0.05) is 19.1 Å². The second-order valence-electron chi connectivity index (χ2n) is 6.17. The molecule has 0 bridgehead atoms. The number of nitro groups is 1. The first-order valence-corrected chi connectivity index (χ1v) is 7.64. The van der Waals surface area contributed by atoms with Gasteiger partial charge in [-0.25, -0.2) is 0 Å². The third-order valence-corrected chi connectivity index (χ3v) is 4.80. The van der Waals surface area contributed by atoms with Crippen molar-refractivity contribution in [2.24, 2.45) is 0 Å². The molecule has 1 aromatic carbocycles. The average molecular weight is 291 g/mol. The van der Waals surface area contributed by atoms with E-state index in [9.17, 15) is 10.1 Å². The summed E-state index contributed by atoms with van der Waals surface area (Å²) in [4.78, 5) is 12.9. The number of rotatable bonds is 7. The minimum Gasteiger partial charge on any atom is -0.308 e. The minimum atomic E-state index is -0.330. The Kier molecular flexibility index (Phi) is 4.96. The maximum Gasteiger partial charge on any atom is 0.269 e. The van der Waals surface area contributed by atoms with Crippen molar-refractivity contribution in [1.82, 2.24) is 10.2 Å². The van der Waals surface area contributed by atoms with Crippen LogP contribution in [0.1, 0.15) is 44.2 Å². The molecule has 1 atom stereocenters. The van der Waals surface area contributed by atoms with Gasteiger partial charge in [-0.05, 0) is 45.3 Å². The van der Waals surface area contributed by atoms with E-state index in [0.29, 0.717) is 0 Å². The van der Waals surface area contributed by atoms with Gasteiger partial charge >= 0.3 is 0 Å². The summed E-state index contributed by atoms with van der Waals surface area (Å²) < 4.78 is 0. The quantitative estimate of drug-likeness (QED) is 0.619. The van der Waals surface area contributed by atoms with Crippen molar-refractivity contribution in [2.45, 2.75) is 44.2 Å². The van der Waals surface area contributed by atoms with Gasteiger partial charge in [-0.15, -0.1) is 0 Å². The van der Waals surface area contributed by atoms with Crippen molar-refractivity contribution in [3.63, 3.8) is 0 Å². The van der Waals surface area contributed by atoms with E-state index in [1.165, 1.54) is 19.3 Å². The monoisotopic (exact) mass is 291 g/mol. The van der Waals surface area contributed by atoms with Crippen LogP contribution in [0.2, 0.25) is 0 Å². The predicted molar refractivity (Wildman–Crippen MR) is 84.4 cm³/mol. The summed E-state index contributed by atoms with van der Waals surface area (Å²) in [7, 11) is 4.27. The molecule has 116 valence electrons. The van der Waals surface area contributed by atoms with Gasteiger partial charge in [0.1, 0.15) is 0 Å². The topological polar surface area (TPSA) is 58.4 Å². The van der Waals surface area contributed by atoms with Crippen LogP contribution in [0.5, 0.6) is 0 Å². The molecule has 1 fully saturated rings. The molecule has 21 heavy (non-hydrogen) atoms. The van der Waals surface area contributed by atoms with Crippen molar-refractivity contribution in [2.75, 3.05) is 20.6 Å². The Balaban J connectivity index is 2.06. The summed E-state index contributed by atoms with van der Waals surface area (Å²) >= 11 is 0. The third kappa shape index (κ3) is 3.41. The lowest BCUT2D eigenvalue weighted by molar-refractivity contribution is -0.384. The Morgan fingerprint density at radius 1 is 1.43 bits per heavy atom. The van der Waals surface area contributed by atoms with Crippen LogP contribution < -0.4 is 5.32 Å². The van der Waals surface area contributed by atoms with Crippen LogP contribution >= 0.6 is 0 Å². The zero-order chi connectivity index (χ0) is 15.5. The van der Waals surface area contributed by atoms with Gasteiger partial charge in [-0.2, -0.15) is 0 Å². The zero-order valence-electron chi connectivity index (χ0n) is 13.1. The third-order valence-electron chi connectivity index (χ3n) is 4.80. The molecule has 2 rings (SSSR count). The van der Waals surface area contributed by atoms with E-state index in [4.69, 9.17) is 0 Å². The smallest absolute Gasteiger partial charge is 0.269 e. The van der Waals surface area contributed by atoms with E-state index in [0.717, 1.165) is 18.5 Å². The molecule has 1 aliphatic rings. The lowest BCUT2D eigenvalue weighted by Gasteiger charge is -2.48. The van der Waals surface area contributed by atoms with Gasteiger partial charge in [0.05, 0.1) is 4.92 Å². The largest absolute Gasteiger partial charge is 0.308 e. The second-order valence-corrected chi connectivity index (χ2v) is 6.17. The van der Waals surface area contributed by atoms with Gasteiger partial charge < -0.3 is 10.2 Å². The van der Waals surface area contributed by atoms with Crippen molar-refractivity contribution in [3.8, 4) is 0 Å². The number of hydrogen-bond acceptors (Lipinski definition) is 4. The highest BCUT2D eigenvalue weighted by Gasteiger charge is 2.39. The van der Waals surface area contributed by atoms with Crippen LogP contribution in [0.15, 0.2) is 24.3 Å². The Morgan fingerprint density at radius 2 is 2.14 bits per heavy atom. The van der Waals surface area contributed by atoms with Gasteiger partial charge in [0.15, 0.2) is 0 Å². The summed E-state index contributed by atoms with van der Waals surface area (Å²) in [5.74, 6) is 0. The number of non-ortho nitro benzene ring substituents is 1. The highest BCUT2D eigenvalue weighted by atomic mass is 16.6. The van der Waals surface area contributed by atoms with Gasteiger partial charge in [0, 0.05) is 30.3 Å². The molecule has 1 aliphatic carbocycles. The van der Waals surface area contributed by atoms with Crippen LogP contribution in [0.3, 0.4) is 0 Å². The van der Waals surface area contributed by atoms with E-state index in [-0.39, 0.29) is 22.2 Å². The number of nitro benzene ring substituents is 1. The van der Waals surface area contributed by atoms with Gasteiger partial charge in [0.25, 0.3) is 5.69 Å². The summed E-state index contributed by atoms with van der Waals surface area (Å²) in [5.41, 5.74) is 1.42. The zero-order valence-corrected chi connectivity index (χ0v) is 13.1. The Bertz CT molecular complexity index is 498. The first-order chi connectivity index (χ1) is 9.98. The lowest BCUT2D eigenvalue weighted by atomic mass is 9.75. The molecule has 5 nitrogen and oxygen atoms in total. The van der Waals surface area contributed by atoms with Crippen molar-refractivity contribution in [3.05, 3.63) is 39.9 Å². The Hall–Kier alpha value is -1.46. The fraction of sp³-hybridized carbons (Fsp3) is 0.625. The average Bonchev–Trinajstić information content (AvgIpc) is 2.41. The normalized spacial score (nSPS) is 18.3. The summed E-state index contributed by atoms with van der Waals surface area (Å²) in [6.07, 6.45) is 4.65.